The molecule has 0 aromatic heterocycles. The van der Waals surface area contributed by atoms with Crippen LogP contribution in [-0.2, 0) is 32.4 Å². The van der Waals surface area contributed by atoms with Gasteiger partial charge in [-0.15, -0.1) is 0 Å². The maximum atomic E-state index is 13.6. The third-order valence-electron chi connectivity index (χ3n) is 5.58. The lowest BCUT2D eigenvalue weighted by atomic mass is 10.00. The fourth-order valence-electron chi connectivity index (χ4n) is 3.89. The Labute approximate surface area is 184 Å². The normalized spacial score (nSPS) is 18.5. The van der Waals surface area contributed by atoms with Crippen molar-refractivity contribution in [3.8, 4) is 0 Å². The van der Waals surface area contributed by atoms with Gasteiger partial charge in [0.2, 0.25) is 11.8 Å². The maximum absolute atomic E-state index is 13.6. The number of hydrogen-bond acceptors (Lipinski definition) is 4. The summed E-state index contributed by atoms with van der Waals surface area (Å²) < 4.78 is 24.2. The lowest BCUT2D eigenvalue weighted by Gasteiger charge is -2.33. The maximum Gasteiger partial charge on any atom is 0.245 e. The smallest absolute Gasteiger partial charge is 0.245 e. The zero-order valence-electron chi connectivity index (χ0n) is 18.0. The largest absolute Gasteiger partial charge is 0.344 e. The van der Waals surface area contributed by atoms with Crippen LogP contribution in [0, 0.1) is 5.92 Å². The van der Waals surface area contributed by atoms with E-state index >= 15 is 0 Å². The first-order valence-corrected chi connectivity index (χ1v) is 12.5. The molecule has 1 aliphatic rings. The number of sulfone groups is 1. The van der Waals surface area contributed by atoms with Gasteiger partial charge in [-0.25, -0.2) is 8.42 Å². The van der Waals surface area contributed by atoms with Crippen molar-refractivity contribution in [1.82, 2.24) is 10.2 Å². The molecule has 2 aromatic carbocycles. The molecular weight excluding hydrogens is 412 g/mol. The van der Waals surface area contributed by atoms with Crippen LogP contribution in [0.15, 0.2) is 60.7 Å². The Morgan fingerprint density at radius 3 is 2.10 bits per heavy atom. The summed E-state index contributed by atoms with van der Waals surface area (Å²) in [6.07, 6.45) is 0.609. The molecule has 2 unspecified atom stereocenters. The summed E-state index contributed by atoms with van der Waals surface area (Å²) >= 11 is 0. The van der Waals surface area contributed by atoms with Crippen molar-refractivity contribution in [1.29, 1.82) is 0 Å². The van der Waals surface area contributed by atoms with Gasteiger partial charge in [-0.3, -0.25) is 9.59 Å². The summed E-state index contributed by atoms with van der Waals surface area (Å²) in [5.74, 6) is -0.542. The fourth-order valence-corrected chi connectivity index (χ4v) is 5.62. The monoisotopic (exact) mass is 442 g/mol. The molecule has 2 amide bonds. The lowest BCUT2D eigenvalue weighted by Crippen LogP contribution is -2.54. The van der Waals surface area contributed by atoms with E-state index in [9.17, 15) is 18.0 Å². The Hall–Kier alpha value is -2.67. The molecule has 1 N–H and O–H groups in total. The highest BCUT2D eigenvalue weighted by Gasteiger charge is 2.38. The first kappa shape index (κ1) is 23.0. The van der Waals surface area contributed by atoms with Crippen molar-refractivity contribution in [2.75, 3.05) is 11.5 Å². The molecule has 0 aliphatic carbocycles. The Balaban J connectivity index is 1.79. The minimum Gasteiger partial charge on any atom is -0.344 e. The van der Waals surface area contributed by atoms with E-state index in [1.54, 1.807) is 4.90 Å². The van der Waals surface area contributed by atoms with Crippen LogP contribution in [0.1, 0.15) is 31.4 Å². The van der Waals surface area contributed by atoms with E-state index in [4.69, 9.17) is 0 Å². The highest BCUT2D eigenvalue weighted by molar-refractivity contribution is 7.91. The number of hydrogen-bond donors (Lipinski definition) is 1. The molecule has 0 spiro atoms. The standard InChI is InChI=1S/C24H30N2O4S/c1-18(2)23(25-22(27)15-19-9-5-3-6-10-19)24(28)26(16-20-11-7-4-8-12-20)21-13-14-31(29,30)17-21/h3-12,18,21,23H,13-17H2,1-2H3,(H,25,27). The van der Waals surface area contributed by atoms with Gasteiger partial charge in [0.1, 0.15) is 6.04 Å². The molecule has 0 saturated carbocycles. The predicted molar refractivity (Wildman–Crippen MR) is 121 cm³/mol. The van der Waals surface area contributed by atoms with Gasteiger partial charge in [-0.2, -0.15) is 0 Å². The Morgan fingerprint density at radius 1 is 1.00 bits per heavy atom. The molecule has 1 heterocycles. The summed E-state index contributed by atoms with van der Waals surface area (Å²) in [6, 6.07) is 17.8. The van der Waals surface area contributed by atoms with E-state index < -0.39 is 15.9 Å². The number of benzene rings is 2. The van der Waals surface area contributed by atoms with E-state index in [-0.39, 0.29) is 41.7 Å². The predicted octanol–water partition coefficient (Wildman–Crippen LogP) is 2.59. The van der Waals surface area contributed by atoms with Gasteiger partial charge in [-0.1, -0.05) is 74.5 Å². The SMILES string of the molecule is CC(C)C(NC(=O)Cc1ccccc1)C(=O)N(Cc1ccccc1)C1CCS(=O)(=O)C1. The van der Waals surface area contributed by atoms with Crippen LogP contribution in [0.4, 0.5) is 0 Å². The number of rotatable bonds is 8. The van der Waals surface area contributed by atoms with E-state index in [2.05, 4.69) is 5.32 Å². The first-order valence-electron chi connectivity index (χ1n) is 10.6. The van der Waals surface area contributed by atoms with Crippen LogP contribution in [0.2, 0.25) is 0 Å². The third kappa shape index (κ3) is 6.40. The topological polar surface area (TPSA) is 83.6 Å². The summed E-state index contributed by atoms with van der Waals surface area (Å²) in [5, 5.41) is 2.90. The van der Waals surface area contributed by atoms with Crippen molar-refractivity contribution < 1.29 is 18.0 Å². The quantitative estimate of drug-likeness (QED) is 0.681. The van der Waals surface area contributed by atoms with E-state index in [0.717, 1.165) is 11.1 Å². The molecule has 1 saturated heterocycles. The zero-order valence-corrected chi connectivity index (χ0v) is 18.8. The van der Waals surface area contributed by atoms with Crippen LogP contribution in [0.3, 0.4) is 0 Å². The summed E-state index contributed by atoms with van der Waals surface area (Å²) in [6.45, 7) is 4.09. The highest BCUT2D eigenvalue weighted by atomic mass is 32.2. The summed E-state index contributed by atoms with van der Waals surface area (Å²) in [5.41, 5.74) is 1.80. The summed E-state index contributed by atoms with van der Waals surface area (Å²) in [7, 11) is -3.16. The Kier molecular flexibility index (Phi) is 7.49. The Bertz CT molecular complexity index is 991. The van der Waals surface area contributed by atoms with Crippen molar-refractivity contribution in [2.24, 2.45) is 5.92 Å². The first-order chi connectivity index (χ1) is 14.7. The average molecular weight is 443 g/mol. The van der Waals surface area contributed by atoms with Gasteiger partial charge in [0.25, 0.3) is 0 Å². The molecule has 0 radical (unpaired) electrons. The van der Waals surface area contributed by atoms with Gasteiger partial charge in [0.15, 0.2) is 9.84 Å². The number of carbonyl (C=O) groups is 2. The number of nitrogens with zero attached hydrogens (tertiary/aromatic N) is 1. The number of amides is 2. The van der Waals surface area contributed by atoms with Gasteiger partial charge in [-0.05, 0) is 23.5 Å². The van der Waals surface area contributed by atoms with Crippen LogP contribution in [-0.4, -0.2) is 48.7 Å². The highest BCUT2D eigenvalue weighted by Crippen LogP contribution is 2.22. The molecule has 1 fully saturated rings. The molecule has 0 bridgehead atoms. The second-order valence-electron chi connectivity index (χ2n) is 8.46. The van der Waals surface area contributed by atoms with E-state index in [0.29, 0.717) is 13.0 Å². The van der Waals surface area contributed by atoms with Gasteiger partial charge in [0, 0.05) is 12.6 Å². The van der Waals surface area contributed by atoms with Gasteiger partial charge in [0.05, 0.1) is 17.9 Å². The molecule has 6 nitrogen and oxygen atoms in total. The van der Waals surface area contributed by atoms with Crippen molar-refractivity contribution in [3.05, 3.63) is 71.8 Å². The van der Waals surface area contributed by atoms with E-state index in [1.165, 1.54) is 0 Å². The second-order valence-corrected chi connectivity index (χ2v) is 10.7. The zero-order chi connectivity index (χ0) is 22.4. The average Bonchev–Trinajstić information content (AvgIpc) is 3.10. The fraction of sp³-hybridized carbons (Fsp3) is 0.417. The number of carbonyl (C=O) groups excluding carboxylic acids is 2. The molecule has 2 aromatic rings. The Morgan fingerprint density at radius 2 is 1.58 bits per heavy atom. The number of nitrogens with one attached hydrogen (secondary N) is 1. The van der Waals surface area contributed by atoms with Crippen LogP contribution < -0.4 is 5.32 Å². The van der Waals surface area contributed by atoms with Crippen molar-refractivity contribution in [2.45, 2.75) is 45.3 Å². The van der Waals surface area contributed by atoms with Gasteiger partial charge < -0.3 is 10.2 Å². The minimum atomic E-state index is -3.16. The van der Waals surface area contributed by atoms with Crippen molar-refractivity contribution >= 4 is 21.7 Å². The third-order valence-corrected chi connectivity index (χ3v) is 7.34. The lowest BCUT2D eigenvalue weighted by molar-refractivity contribution is -0.139. The molecule has 31 heavy (non-hydrogen) atoms. The van der Waals surface area contributed by atoms with Gasteiger partial charge >= 0.3 is 0 Å². The molecule has 3 rings (SSSR count). The molecular formula is C24H30N2O4S. The molecule has 2 atom stereocenters. The second kappa shape index (κ2) is 10.1. The minimum absolute atomic E-state index is 0.0334. The van der Waals surface area contributed by atoms with E-state index in [1.807, 2.05) is 74.5 Å². The van der Waals surface area contributed by atoms with Crippen LogP contribution in [0.25, 0.3) is 0 Å². The van der Waals surface area contributed by atoms with Crippen LogP contribution in [0.5, 0.6) is 0 Å². The summed E-state index contributed by atoms with van der Waals surface area (Å²) in [4.78, 5) is 27.9. The van der Waals surface area contributed by atoms with Crippen LogP contribution >= 0.6 is 0 Å². The molecule has 7 heteroatoms. The molecule has 166 valence electrons. The van der Waals surface area contributed by atoms with Crippen molar-refractivity contribution in [3.63, 3.8) is 0 Å². The molecule has 1 aliphatic heterocycles.